The van der Waals surface area contributed by atoms with E-state index < -0.39 is 0 Å². The molecule has 1 atom stereocenters. The zero-order chi connectivity index (χ0) is 10.8. The van der Waals surface area contributed by atoms with Gasteiger partial charge >= 0.3 is 0 Å². The van der Waals surface area contributed by atoms with E-state index in [1.165, 1.54) is 50.5 Å². The van der Waals surface area contributed by atoms with Crippen molar-refractivity contribution in [1.29, 1.82) is 0 Å². The lowest BCUT2D eigenvalue weighted by atomic mass is 10.1. The first-order chi connectivity index (χ1) is 6.66. The molecule has 14 heavy (non-hydrogen) atoms. The van der Waals surface area contributed by atoms with E-state index in [4.69, 9.17) is 0 Å². The van der Waals surface area contributed by atoms with Crippen LogP contribution in [0.1, 0.15) is 59.3 Å². The van der Waals surface area contributed by atoms with E-state index in [0.29, 0.717) is 6.04 Å². The highest BCUT2D eigenvalue weighted by Gasteiger charge is 2.02. The summed E-state index contributed by atoms with van der Waals surface area (Å²) < 4.78 is 3.14. The summed E-state index contributed by atoms with van der Waals surface area (Å²) in [6.45, 7) is 5.95. The molecule has 0 aliphatic carbocycles. The van der Waals surface area contributed by atoms with Gasteiger partial charge in [-0.3, -0.25) is 9.52 Å². The Morgan fingerprint density at radius 3 is 2.50 bits per heavy atom. The minimum atomic E-state index is 0.142. The van der Waals surface area contributed by atoms with Crippen molar-refractivity contribution in [2.45, 2.75) is 65.3 Å². The first-order valence-corrected chi connectivity index (χ1v) is 6.41. The maximum atomic E-state index is 10.7. The largest absolute Gasteiger partial charge is 0.286 e. The highest BCUT2D eigenvalue weighted by atomic mass is 32.2. The van der Waals surface area contributed by atoms with Gasteiger partial charge in [-0.2, -0.15) is 0 Å². The summed E-state index contributed by atoms with van der Waals surface area (Å²) >= 11 is 1.22. The normalized spacial score (nSPS) is 12.8. The summed E-state index contributed by atoms with van der Waals surface area (Å²) in [4.78, 5) is 10.7. The Labute approximate surface area is 92.4 Å². The molecule has 0 aromatic rings. The lowest BCUT2D eigenvalue weighted by Crippen LogP contribution is -2.20. The summed E-state index contributed by atoms with van der Waals surface area (Å²) in [5.41, 5.74) is 0. The number of nitrogens with one attached hydrogen (secondary N) is 1. The number of carbonyl (C=O) groups excluding carboxylic acids is 1. The molecular formula is C11H23NOS. The molecule has 0 amide bonds. The van der Waals surface area contributed by atoms with Crippen molar-refractivity contribution in [3.63, 3.8) is 0 Å². The van der Waals surface area contributed by atoms with Crippen LogP contribution in [0.4, 0.5) is 0 Å². The van der Waals surface area contributed by atoms with Crippen LogP contribution in [0, 0.1) is 0 Å². The molecule has 2 nitrogen and oxygen atoms in total. The molecule has 0 fully saturated rings. The second-order valence-electron chi connectivity index (χ2n) is 3.82. The van der Waals surface area contributed by atoms with Gasteiger partial charge in [-0.1, -0.05) is 39.0 Å². The Morgan fingerprint density at radius 1 is 1.29 bits per heavy atom. The van der Waals surface area contributed by atoms with Gasteiger partial charge < -0.3 is 0 Å². The van der Waals surface area contributed by atoms with Crippen LogP contribution in [0.5, 0.6) is 0 Å². The van der Waals surface area contributed by atoms with Crippen LogP contribution in [-0.4, -0.2) is 11.2 Å². The van der Waals surface area contributed by atoms with Gasteiger partial charge in [0.1, 0.15) is 0 Å². The van der Waals surface area contributed by atoms with Crippen LogP contribution in [0.3, 0.4) is 0 Å². The molecule has 0 spiro atoms. The zero-order valence-corrected chi connectivity index (χ0v) is 10.5. The molecule has 84 valence electrons. The molecule has 0 heterocycles. The van der Waals surface area contributed by atoms with Gasteiger partial charge in [0.15, 0.2) is 0 Å². The van der Waals surface area contributed by atoms with Crippen molar-refractivity contribution in [3.05, 3.63) is 0 Å². The van der Waals surface area contributed by atoms with Gasteiger partial charge in [0.25, 0.3) is 0 Å². The van der Waals surface area contributed by atoms with Crippen LogP contribution in [-0.2, 0) is 4.79 Å². The lowest BCUT2D eigenvalue weighted by molar-refractivity contribution is -0.109. The number of unbranched alkanes of at least 4 members (excludes halogenated alkanes) is 4. The van der Waals surface area contributed by atoms with E-state index in [9.17, 15) is 4.79 Å². The van der Waals surface area contributed by atoms with E-state index in [2.05, 4.69) is 18.6 Å². The average molecular weight is 217 g/mol. The summed E-state index contributed by atoms with van der Waals surface area (Å²) in [6.07, 6.45) is 7.77. The smallest absolute Gasteiger partial charge is 0.200 e. The van der Waals surface area contributed by atoms with Gasteiger partial charge in [-0.25, -0.2) is 0 Å². The molecule has 0 radical (unpaired) electrons. The van der Waals surface area contributed by atoms with Gasteiger partial charge in [-0.15, -0.1) is 0 Å². The third-order valence-corrected chi connectivity index (χ3v) is 2.95. The molecule has 0 saturated heterocycles. The SMILES string of the molecule is CCCCCCCC(C)NSC(C)=O. The first-order valence-electron chi connectivity index (χ1n) is 5.59. The maximum absolute atomic E-state index is 10.7. The molecule has 0 rings (SSSR count). The summed E-state index contributed by atoms with van der Waals surface area (Å²) in [5, 5.41) is 0.142. The number of hydrogen-bond donors (Lipinski definition) is 1. The van der Waals surface area contributed by atoms with E-state index in [0.717, 1.165) is 0 Å². The molecule has 0 bridgehead atoms. The van der Waals surface area contributed by atoms with Crippen molar-refractivity contribution < 1.29 is 4.79 Å². The van der Waals surface area contributed by atoms with E-state index in [1.807, 2.05) is 0 Å². The van der Waals surface area contributed by atoms with Gasteiger partial charge in [0, 0.05) is 13.0 Å². The molecule has 0 saturated carbocycles. The predicted molar refractivity (Wildman–Crippen MR) is 64.2 cm³/mol. The fourth-order valence-electron chi connectivity index (χ4n) is 1.30. The third kappa shape index (κ3) is 10.1. The Bertz CT molecular complexity index is 150. The molecule has 0 aliphatic heterocycles. The summed E-state index contributed by atoms with van der Waals surface area (Å²) in [6, 6.07) is 0.450. The Morgan fingerprint density at radius 2 is 1.93 bits per heavy atom. The van der Waals surface area contributed by atoms with E-state index >= 15 is 0 Å². The zero-order valence-electron chi connectivity index (χ0n) is 9.64. The lowest BCUT2D eigenvalue weighted by Gasteiger charge is -2.10. The van der Waals surface area contributed by atoms with Crippen LogP contribution in [0.25, 0.3) is 0 Å². The number of carbonyl (C=O) groups is 1. The van der Waals surface area contributed by atoms with Crippen molar-refractivity contribution in [1.82, 2.24) is 4.72 Å². The molecule has 0 aromatic heterocycles. The summed E-state index contributed by atoms with van der Waals surface area (Å²) in [7, 11) is 0. The predicted octanol–water partition coefficient (Wildman–Crippen LogP) is 3.52. The fourth-order valence-corrected chi connectivity index (χ4v) is 1.78. The van der Waals surface area contributed by atoms with Crippen molar-refractivity contribution >= 4 is 17.1 Å². The Balaban J connectivity index is 3.18. The first kappa shape index (κ1) is 14.0. The van der Waals surface area contributed by atoms with Crippen molar-refractivity contribution in [3.8, 4) is 0 Å². The molecular weight excluding hydrogens is 194 g/mol. The van der Waals surface area contributed by atoms with Crippen LogP contribution >= 0.6 is 11.9 Å². The highest BCUT2D eigenvalue weighted by molar-refractivity contribution is 8.11. The number of hydrogen-bond acceptors (Lipinski definition) is 3. The van der Waals surface area contributed by atoms with Gasteiger partial charge in [-0.05, 0) is 25.3 Å². The molecule has 0 aromatic carbocycles. The van der Waals surface area contributed by atoms with E-state index in [-0.39, 0.29) is 5.12 Å². The molecule has 0 aliphatic rings. The van der Waals surface area contributed by atoms with Crippen LogP contribution in [0.15, 0.2) is 0 Å². The Kier molecular flexibility index (Phi) is 9.52. The third-order valence-electron chi connectivity index (χ3n) is 2.14. The quantitative estimate of drug-likeness (QED) is 0.498. The number of rotatable bonds is 8. The van der Waals surface area contributed by atoms with Crippen molar-refractivity contribution in [2.24, 2.45) is 0 Å². The van der Waals surface area contributed by atoms with Crippen LogP contribution < -0.4 is 4.72 Å². The molecule has 3 heteroatoms. The molecule has 1 N–H and O–H groups in total. The van der Waals surface area contributed by atoms with Crippen molar-refractivity contribution in [2.75, 3.05) is 0 Å². The monoisotopic (exact) mass is 217 g/mol. The van der Waals surface area contributed by atoms with Gasteiger partial charge in [0.05, 0.1) is 0 Å². The second kappa shape index (κ2) is 9.53. The standard InChI is InChI=1S/C11H23NOS/c1-4-5-6-7-8-9-10(2)12-14-11(3)13/h10,12H,4-9H2,1-3H3. The fraction of sp³-hybridized carbons (Fsp3) is 0.909. The van der Waals surface area contributed by atoms with Crippen LogP contribution in [0.2, 0.25) is 0 Å². The minimum absolute atomic E-state index is 0.142. The topological polar surface area (TPSA) is 29.1 Å². The highest BCUT2D eigenvalue weighted by Crippen LogP contribution is 2.08. The molecule has 1 unspecified atom stereocenters. The van der Waals surface area contributed by atoms with E-state index in [1.54, 1.807) is 6.92 Å². The van der Waals surface area contributed by atoms with Gasteiger partial charge in [0.2, 0.25) is 5.12 Å². The second-order valence-corrected chi connectivity index (χ2v) is 4.83. The Hall–Kier alpha value is -0.0200. The minimum Gasteiger partial charge on any atom is -0.286 e. The maximum Gasteiger partial charge on any atom is 0.200 e. The summed E-state index contributed by atoms with van der Waals surface area (Å²) in [5.74, 6) is 0. The average Bonchev–Trinajstić information content (AvgIpc) is 2.14.